The van der Waals surface area contributed by atoms with Crippen molar-refractivity contribution in [3.8, 4) is 0 Å². The van der Waals surface area contributed by atoms with Gasteiger partial charge >= 0.3 is 0 Å². The molecule has 2 heterocycles. The summed E-state index contributed by atoms with van der Waals surface area (Å²) in [6.07, 6.45) is 0.170. The molecule has 2 unspecified atom stereocenters. The highest BCUT2D eigenvalue weighted by Crippen LogP contribution is 2.44. The van der Waals surface area contributed by atoms with Crippen molar-refractivity contribution in [2.45, 2.75) is 18.3 Å². The zero-order valence-corrected chi connectivity index (χ0v) is 13.2. The summed E-state index contributed by atoms with van der Waals surface area (Å²) in [5.74, 6) is -2.24. The molecular formula is C15H11BrFNO2S. The van der Waals surface area contributed by atoms with E-state index in [4.69, 9.17) is 0 Å². The van der Waals surface area contributed by atoms with E-state index in [1.165, 1.54) is 17.4 Å². The number of imide groups is 1. The summed E-state index contributed by atoms with van der Waals surface area (Å²) >= 11 is 4.90. The van der Waals surface area contributed by atoms with Crippen LogP contribution in [0.1, 0.15) is 28.7 Å². The molecule has 2 aromatic rings. The Kier molecular flexibility index (Phi) is 3.91. The summed E-state index contributed by atoms with van der Waals surface area (Å²) in [7, 11) is 0. The van der Waals surface area contributed by atoms with Gasteiger partial charge in [-0.15, -0.1) is 11.3 Å². The summed E-state index contributed by atoms with van der Waals surface area (Å²) in [4.78, 5) is 24.9. The number of hydrogen-bond acceptors (Lipinski definition) is 3. The first-order valence-corrected chi connectivity index (χ1v) is 8.06. The molecule has 1 aromatic carbocycles. The van der Waals surface area contributed by atoms with E-state index in [2.05, 4.69) is 21.2 Å². The van der Waals surface area contributed by atoms with Crippen molar-refractivity contribution in [2.75, 3.05) is 0 Å². The standard InChI is InChI=1S/C15H11BrFNO2S/c16-10-5-6-21-14(10)9-7-12(19)18-15(20)13(9)8-3-1-2-4-11(8)17/h1-6,9,13H,7H2,(H,18,19,20). The van der Waals surface area contributed by atoms with Crippen LogP contribution in [0.5, 0.6) is 0 Å². The van der Waals surface area contributed by atoms with Gasteiger partial charge in [0.05, 0.1) is 5.92 Å². The second-order valence-corrected chi connectivity index (χ2v) is 6.66. The first kappa shape index (κ1) is 14.4. The number of piperidine rings is 1. The van der Waals surface area contributed by atoms with Crippen molar-refractivity contribution >= 4 is 39.1 Å². The van der Waals surface area contributed by atoms with Gasteiger partial charge in [0.15, 0.2) is 0 Å². The molecule has 0 radical (unpaired) electrons. The number of rotatable bonds is 2. The summed E-state index contributed by atoms with van der Waals surface area (Å²) in [6.45, 7) is 0. The molecule has 6 heteroatoms. The maximum Gasteiger partial charge on any atom is 0.234 e. The van der Waals surface area contributed by atoms with Crippen LogP contribution in [0.15, 0.2) is 40.2 Å². The molecule has 21 heavy (non-hydrogen) atoms. The Bertz CT molecular complexity index is 715. The second-order valence-electron chi connectivity index (χ2n) is 4.86. The molecule has 0 spiro atoms. The van der Waals surface area contributed by atoms with Gasteiger partial charge in [0.1, 0.15) is 5.82 Å². The van der Waals surface area contributed by atoms with Gasteiger partial charge in [0, 0.05) is 27.3 Å². The lowest BCUT2D eigenvalue weighted by molar-refractivity contribution is -0.135. The van der Waals surface area contributed by atoms with E-state index in [1.54, 1.807) is 18.2 Å². The monoisotopic (exact) mass is 367 g/mol. The quantitative estimate of drug-likeness (QED) is 0.824. The average molecular weight is 368 g/mol. The molecule has 3 nitrogen and oxygen atoms in total. The predicted molar refractivity (Wildman–Crippen MR) is 81.7 cm³/mol. The van der Waals surface area contributed by atoms with Gasteiger partial charge < -0.3 is 0 Å². The Morgan fingerprint density at radius 3 is 2.67 bits per heavy atom. The van der Waals surface area contributed by atoms with Crippen molar-refractivity contribution in [1.29, 1.82) is 0 Å². The smallest absolute Gasteiger partial charge is 0.234 e. The fourth-order valence-electron chi connectivity index (χ4n) is 2.67. The average Bonchev–Trinajstić information content (AvgIpc) is 2.85. The molecule has 1 aromatic heterocycles. The van der Waals surface area contributed by atoms with Crippen molar-refractivity contribution in [3.63, 3.8) is 0 Å². The number of halogens is 2. The Balaban J connectivity index is 2.10. The normalized spacial score (nSPS) is 22.2. The molecule has 1 N–H and O–H groups in total. The second kappa shape index (κ2) is 5.69. The molecule has 3 rings (SSSR count). The van der Waals surface area contributed by atoms with Gasteiger partial charge in [0.2, 0.25) is 11.8 Å². The highest BCUT2D eigenvalue weighted by molar-refractivity contribution is 9.10. The fourth-order valence-corrected chi connectivity index (χ4v) is 4.47. The maximum atomic E-state index is 14.1. The third kappa shape index (κ3) is 2.65. The van der Waals surface area contributed by atoms with Crippen LogP contribution in [0.25, 0.3) is 0 Å². The van der Waals surface area contributed by atoms with Gasteiger partial charge in [-0.2, -0.15) is 0 Å². The molecule has 1 aliphatic heterocycles. The topological polar surface area (TPSA) is 46.2 Å². The molecule has 2 amide bonds. The molecule has 108 valence electrons. The van der Waals surface area contributed by atoms with E-state index in [1.807, 2.05) is 11.4 Å². The van der Waals surface area contributed by atoms with Crippen molar-refractivity contribution in [1.82, 2.24) is 5.32 Å². The van der Waals surface area contributed by atoms with Crippen molar-refractivity contribution in [3.05, 3.63) is 56.4 Å². The first-order valence-electron chi connectivity index (χ1n) is 6.39. The molecule has 0 saturated carbocycles. The number of thiophene rings is 1. The molecule has 1 fully saturated rings. The van der Waals surface area contributed by atoms with E-state index in [0.717, 1.165) is 9.35 Å². The first-order chi connectivity index (χ1) is 10.1. The van der Waals surface area contributed by atoms with E-state index < -0.39 is 17.6 Å². The number of nitrogens with one attached hydrogen (secondary N) is 1. The van der Waals surface area contributed by atoms with Crippen molar-refractivity contribution in [2.24, 2.45) is 0 Å². The molecular weight excluding hydrogens is 357 g/mol. The SMILES string of the molecule is O=C1CC(c2sccc2Br)C(c2ccccc2F)C(=O)N1. The zero-order chi connectivity index (χ0) is 15.0. The van der Waals surface area contributed by atoms with Crippen LogP contribution in [-0.4, -0.2) is 11.8 Å². The van der Waals surface area contributed by atoms with Gasteiger partial charge in [-0.25, -0.2) is 4.39 Å². The number of amides is 2. The Hall–Kier alpha value is -1.53. The third-order valence-electron chi connectivity index (χ3n) is 3.57. The summed E-state index contributed by atoms with van der Waals surface area (Å²) in [6, 6.07) is 8.09. The minimum Gasteiger partial charge on any atom is -0.296 e. The Labute approximate surface area is 133 Å². The lowest BCUT2D eigenvalue weighted by atomic mass is 9.79. The summed E-state index contributed by atoms with van der Waals surface area (Å²) in [5, 5.41) is 4.19. The van der Waals surface area contributed by atoms with E-state index in [-0.39, 0.29) is 18.2 Å². The highest BCUT2D eigenvalue weighted by atomic mass is 79.9. The van der Waals surface area contributed by atoms with E-state index in [9.17, 15) is 14.0 Å². The van der Waals surface area contributed by atoms with Gasteiger partial charge in [-0.1, -0.05) is 18.2 Å². The molecule has 0 bridgehead atoms. The maximum absolute atomic E-state index is 14.1. The van der Waals surface area contributed by atoms with Gasteiger partial charge in [0.25, 0.3) is 0 Å². The minimum atomic E-state index is -0.696. The number of benzene rings is 1. The van der Waals surface area contributed by atoms with Crippen molar-refractivity contribution < 1.29 is 14.0 Å². The van der Waals surface area contributed by atoms with E-state index >= 15 is 0 Å². The van der Waals surface area contributed by atoms with Crippen LogP contribution >= 0.6 is 27.3 Å². The van der Waals surface area contributed by atoms with Gasteiger partial charge in [-0.05, 0) is 33.4 Å². The number of carbonyl (C=O) groups is 2. The van der Waals surface area contributed by atoms with Crippen LogP contribution in [-0.2, 0) is 9.59 Å². The molecule has 1 saturated heterocycles. The molecule has 2 atom stereocenters. The van der Waals surface area contributed by atoms with E-state index in [0.29, 0.717) is 5.56 Å². The summed E-state index contributed by atoms with van der Waals surface area (Å²) < 4.78 is 14.9. The Morgan fingerprint density at radius 2 is 2.00 bits per heavy atom. The largest absolute Gasteiger partial charge is 0.296 e. The van der Waals surface area contributed by atoms with Crippen LogP contribution in [0.2, 0.25) is 0 Å². The number of hydrogen-bond donors (Lipinski definition) is 1. The fraction of sp³-hybridized carbons (Fsp3) is 0.200. The third-order valence-corrected chi connectivity index (χ3v) is 5.58. The molecule has 1 aliphatic rings. The highest BCUT2D eigenvalue weighted by Gasteiger charge is 2.40. The Morgan fingerprint density at radius 1 is 1.24 bits per heavy atom. The molecule has 0 aliphatic carbocycles. The van der Waals surface area contributed by atoms with Crippen LogP contribution in [0.3, 0.4) is 0 Å². The van der Waals surface area contributed by atoms with Crippen LogP contribution in [0, 0.1) is 5.82 Å². The predicted octanol–water partition coefficient (Wildman–Crippen LogP) is 3.56. The van der Waals surface area contributed by atoms with Crippen LogP contribution in [0.4, 0.5) is 4.39 Å². The van der Waals surface area contributed by atoms with Crippen LogP contribution < -0.4 is 5.32 Å². The number of carbonyl (C=O) groups excluding carboxylic acids is 2. The zero-order valence-electron chi connectivity index (χ0n) is 10.8. The summed E-state index contributed by atoms with van der Waals surface area (Å²) in [5.41, 5.74) is 0.327. The lowest BCUT2D eigenvalue weighted by Crippen LogP contribution is -2.43. The lowest BCUT2D eigenvalue weighted by Gasteiger charge is -2.30. The van der Waals surface area contributed by atoms with Gasteiger partial charge in [-0.3, -0.25) is 14.9 Å². The minimum absolute atomic E-state index is 0.170.